The average molecular weight is 379 g/mol. The molecule has 1 aliphatic carbocycles. The van der Waals surface area contributed by atoms with Crippen LogP contribution in [0.5, 0.6) is 5.75 Å². The first-order valence-electron chi connectivity index (χ1n) is 6.51. The number of benzene rings is 1. The number of methoxy groups -OCH3 is 2. The maximum atomic E-state index is 12.5. The lowest BCUT2D eigenvalue weighted by Gasteiger charge is -2.40. The summed E-state index contributed by atoms with van der Waals surface area (Å²) in [5, 5.41) is 0. The van der Waals surface area contributed by atoms with Crippen LogP contribution in [0.15, 0.2) is 21.5 Å². The monoisotopic (exact) mass is 378 g/mol. The van der Waals surface area contributed by atoms with Crippen LogP contribution in [0, 0.1) is 0 Å². The molecule has 0 aliphatic heterocycles. The van der Waals surface area contributed by atoms with E-state index in [0.29, 0.717) is 10.2 Å². The summed E-state index contributed by atoms with van der Waals surface area (Å²) in [6, 6.07) is 2.92. The van der Waals surface area contributed by atoms with Crippen molar-refractivity contribution in [3.8, 4) is 5.75 Å². The summed E-state index contributed by atoms with van der Waals surface area (Å²) in [5.41, 5.74) is 5.71. The van der Waals surface area contributed by atoms with Crippen LogP contribution in [0.3, 0.4) is 0 Å². The van der Waals surface area contributed by atoms with Gasteiger partial charge in [-0.2, -0.15) is 0 Å². The van der Waals surface area contributed by atoms with Gasteiger partial charge in [-0.3, -0.25) is 0 Å². The molecule has 3 N–H and O–H groups in total. The predicted octanol–water partition coefficient (Wildman–Crippen LogP) is 1.89. The average Bonchev–Trinajstić information content (AvgIpc) is 2.40. The zero-order chi connectivity index (χ0) is 15.7. The summed E-state index contributed by atoms with van der Waals surface area (Å²) in [7, 11) is -0.699. The van der Waals surface area contributed by atoms with Crippen molar-refractivity contribution in [1.82, 2.24) is 4.72 Å². The first kappa shape index (κ1) is 16.5. The standard InChI is InChI=1S/C13H19BrN2O4S/c1-19-11-6-9(14)10(15)7-12(11)21(17,18)16-8-13(20-2)4-3-5-13/h6-7,16H,3-5,8,15H2,1-2H3. The van der Waals surface area contributed by atoms with Crippen molar-refractivity contribution in [1.29, 1.82) is 0 Å². The van der Waals surface area contributed by atoms with E-state index in [4.69, 9.17) is 15.2 Å². The lowest BCUT2D eigenvalue weighted by atomic mass is 9.80. The normalized spacial score (nSPS) is 17.3. The van der Waals surface area contributed by atoms with E-state index < -0.39 is 10.0 Å². The predicted molar refractivity (Wildman–Crippen MR) is 83.9 cm³/mol. The second-order valence-electron chi connectivity index (χ2n) is 5.09. The Hall–Kier alpha value is -0.830. The second kappa shape index (κ2) is 6.12. The van der Waals surface area contributed by atoms with Gasteiger partial charge in [0.15, 0.2) is 0 Å². The Bertz CT molecular complexity index is 624. The number of nitrogens with two attached hydrogens (primary N) is 1. The highest BCUT2D eigenvalue weighted by Gasteiger charge is 2.38. The van der Waals surface area contributed by atoms with Crippen molar-refractivity contribution in [3.63, 3.8) is 0 Å². The van der Waals surface area contributed by atoms with Crippen LogP contribution in [0.1, 0.15) is 19.3 Å². The minimum atomic E-state index is -3.72. The number of anilines is 1. The molecular formula is C13H19BrN2O4S. The van der Waals surface area contributed by atoms with Crippen molar-refractivity contribution in [3.05, 3.63) is 16.6 Å². The van der Waals surface area contributed by atoms with Crippen LogP contribution in [0.25, 0.3) is 0 Å². The summed E-state index contributed by atoms with van der Waals surface area (Å²) in [6.45, 7) is 0.241. The summed E-state index contributed by atoms with van der Waals surface area (Å²) in [6.07, 6.45) is 2.75. The molecule has 0 amide bonds. The number of nitrogen functional groups attached to an aromatic ring is 1. The zero-order valence-electron chi connectivity index (χ0n) is 12.0. The van der Waals surface area contributed by atoms with Crippen LogP contribution in [-0.4, -0.2) is 34.8 Å². The molecule has 1 aromatic carbocycles. The molecule has 21 heavy (non-hydrogen) atoms. The minimum Gasteiger partial charge on any atom is -0.495 e. The number of hydrogen-bond acceptors (Lipinski definition) is 5. The number of sulfonamides is 1. The summed E-state index contributed by atoms with van der Waals surface area (Å²) >= 11 is 3.25. The number of halogens is 1. The summed E-state index contributed by atoms with van der Waals surface area (Å²) in [5.74, 6) is 0.239. The lowest BCUT2D eigenvalue weighted by molar-refractivity contribution is -0.0659. The van der Waals surface area contributed by atoms with Crippen LogP contribution in [-0.2, 0) is 14.8 Å². The van der Waals surface area contributed by atoms with Crippen LogP contribution >= 0.6 is 15.9 Å². The van der Waals surface area contributed by atoms with E-state index in [9.17, 15) is 8.42 Å². The fraction of sp³-hybridized carbons (Fsp3) is 0.538. The molecule has 0 atom stereocenters. The van der Waals surface area contributed by atoms with Gasteiger partial charge in [-0.25, -0.2) is 13.1 Å². The Morgan fingerprint density at radius 1 is 1.38 bits per heavy atom. The van der Waals surface area contributed by atoms with Gasteiger partial charge in [-0.1, -0.05) is 0 Å². The topological polar surface area (TPSA) is 90.7 Å². The summed E-state index contributed by atoms with van der Waals surface area (Å²) < 4.78 is 38.6. The SMILES string of the molecule is COc1cc(Br)c(N)cc1S(=O)(=O)NCC1(OC)CCC1. The van der Waals surface area contributed by atoms with Gasteiger partial charge in [0.05, 0.1) is 12.7 Å². The lowest BCUT2D eigenvalue weighted by Crippen LogP contribution is -2.49. The Kier molecular flexibility index (Phi) is 4.82. The Labute approximate surface area is 133 Å². The van der Waals surface area contributed by atoms with Gasteiger partial charge >= 0.3 is 0 Å². The molecule has 118 valence electrons. The largest absolute Gasteiger partial charge is 0.495 e. The molecule has 0 unspecified atom stereocenters. The summed E-state index contributed by atoms with van der Waals surface area (Å²) in [4.78, 5) is 0.0243. The molecule has 1 fully saturated rings. The molecule has 2 rings (SSSR count). The third-order valence-corrected chi connectivity index (χ3v) is 5.96. The quantitative estimate of drug-likeness (QED) is 0.737. The van der Waals surface area contributed by atoms with Crippen molar-refractivity contribution in [2.45, 2.75) is 29.8 Å². The highest BCUT2D eigenvalue weighted by molar-refractivity contribution is 9.10. The number of rotatable bonds is 6. The molecule has 1 aliphatic rings. The van der Waals surface area contributed by atoms with E-state index in [1.54, 1.807) is 13.2 Å². The van der Waals surface area contributed by atoms with Gasteiger partial charge in [0.1, 0.15) is 10.6 Å². The molecule has 0 bridgehead atoms. The van der Waals surface area contributed by atoms with E-state index in [0.717, 1.165) is 19.3 Å². The van der Waals surface area contributed by atoms with E-state index in [1.165, 1.54) is 13.2 Å². The van der Waals surface area contributed by atoms with Gasteiger partial charge in [0, 0.05) is 23.8 Å². The fourth-order valence-electron chi connectivity index (χ4n) is 2.25. The Balaban J connectivity index is 2.25. The smallest absolute Gasteiger partial charge is 0.244 e. The van der Waals surface area contributed by atoms with Gasteiger partial charge in [-0.05, 0) is 47.3 Å². The van der Waals surface area contributed by atoms with Crippen molar-refractivity contribution >= 4 is 31.6 Å². The first-order chi connectivity index (χ1) is 9.83. The number of nitrogens with one attached hydrogen (secondary N) is 1. The molecule has 0 spiro atoms. The van der Waals surface area contributed by atoms with E-state index in [2.05, 4.69) is 20.7 Å². The minimum absolute atomic E-state index is 0.0243. The maximum Gasteiger partial charge on any atom is 0.244 e. The third kappa shape index (κ3) is 3.33. The molecule has 1 saturated carbocycles. The first-order valence-corrected chi connectivity index (χ1v) is 8.79. The molecule has 0 heterocycles. The molecule has 8 heteroatoms. The number of hydrogen-bond donors (Lipinski definition) is 2. The highest BCUT2D eigenvalue weighted by Crippen LogP contribution is 2.36. The van der Waals surface area contributed by atoms with Gasteiger partial charge < -0.3 is 15.2 Å². The van der Waals surface area contributed by atoms with Crippen molar-refractivity contribution in [2.24, 2.45) is 0 Å². The van der Waals surface area contributed by atoms with Crippen LogP contribution < -0.4 is 15.2 Å². The highest BCUT2D eigenvalue weighted by atomic mass is 79.9. The molecule has 6 nitrogen and oxygen atoms in total. The Morgan fingerprint density at radius 3 is 2.52 bits per heavy atom. The Morgan fingerprint density at radius 2 is 2.05 bits per heavy atom. The van der Waals surface area contributed by atoms with E-state index in [1.807, 2.05) is 0 Å². The van der Waals surface area contributed by atoms with Gasteiger partial charge in [0.2, 0.25) is 10.0 Å². The van der Waals surface area contributed by atoms with Crippen LogP contribution in [0.4, 0.5) is 5.69 Å². The van der Waals surface area contributed by atoms with Gasteiger partial charge in [-0.15, -0.1) is 0 Å². The van der Waals surface area contributed by atoms with Crippen LogP contribution in [0.2, 0.25) is 0 Å². The zero-order valence-corrected chi connectivity index (χ0v) is 14.4. The van der Waals surface area contributed by atoms with E-state index in [-0.39, 0.29) is 22.8 Å². The van der Waals surface area contributed by atoms with Crippen molar-refractivity contribution < 1.29 is 17.9 Å². The van der Waals surface area contributed by atoms with Crippen molar-refractivity contribution in [2.75, 3.05) is 26.5 Å². The molecule has 0 aromatic heterocycles. The molecule has 1 aromatic rings. The molecule has 0 saturated heterocycles. The molecule has 0 radical (unpaired) electrons. The van der Waals surface area contributed by atoms with E-state index >= 15 is 0 Å². The third-order valence-electron chi connectivity index (χ3n) is 3.85. The fourth-order valence-corrected chi connectivity index (χ4v) is 3.87. The molecular weight excluding hydrogens is 360 g/mol. The number of ether oxygens (including phenoxy) is 2. The second-order valence-corrected chi connectivity index (χ2v) is 7.68. The maximum absolute atomic E-state index is 12.5. The van der Waals surface area contributed by atoms with Gasteiger partial charge in [0.25, 0.3) is 0 Å².